The lowest BCUT2D eigenvalue weighted by Gasteiger charge is -2.28. The maximum Gasteiger partial charge on any atom is 0.0454 e. The van der Waals surface area contributed by atoms with E-state index in [0.717, 1.165) is 13.1 Å². The van der Waals surface area contributed by atoms with Gasteiger partial charge < -0.3 is 10.2 Å². The second kappa shape index (κ2) is 6.50. The molecule has 2 nitrogen and oxygen atoms in total. The van der Waals surface area contributed by atoms with Gasteiger partial charge in [0.2, 0.25) is 0 Å². The molecule has 1 aliphatic rings. The van der Waals surface area contributed by atoms with Gasteiger partial charge in [0, 0.05) is 19.1 Å². The lowest BCUT2D eigenvalue weighted by atomic mass is 9.92. The van der Waals surface area contributed by atoms with Crippen molar-refractivity contribution in [2.45, 2.75) is 54.0 Å². The Morgan fingerprint density at radius 1 is 1.19 bits per heavy atom. The molecule has 1 N–H and O–H groups in total. The van der Waals surface area contributed by atoms with Crippen LogP contribution in [0.1, 0.15) is 55.5 Å². The van der Waals surface area contributed by atoms with E-state index in [1.807, 2.05) is 0 Å². The van der Waals surface area contributed by atoms with Crippen molar-refractivity contribution in [2.24, 2.45) is 5.41 Å². The van der Waals surface area contributed by atoms with Gasteiger partial charge in [0.1, 0.15) is 0 Å². The molecule has 118 valence electrons. The van der Waals surface area contributed by atoms with Gasteiger partial charge in [-0.05, 0) is 62.4 Å². The zero-order chi connectivity index (χ0) is 15.6. The van der Waals surface area contributed by atoms with Gasteiger partial charge in [-0.1, -0.05) is 38.5 Å². The fourth-order valence-corrected chi connectivity index (χ4v) is 3.88. The summed E-state index contributed by atoms with van der Waals surface area (Å²) in [6.45, 7) is 18.3. The van der Waals surface area contributed by atoms with E-state index in [9.17, 15) is 0 Å². The Kier molecular flexibility index (Phi) is 5.11. The molecule has 1 saturated heterocycles. The van der Waals surface area contributed by atoms with E-state index in [0.29, 0.717) is 11.5 Å². The van der Waals surface area contributed by atoms with Crippen LogP contribution in [0.15, 0.2) is 12.1 Å². The van der Waals surface area contributed by atoms with E-state index < -0.39 is 0 Å². The van der Waals surface area contributed by atoms with Crippen molar-refractivity contribution in [1.29, 1.82) is 0 Å². The van der Waals surface area contributed by atoms with Crippen molar-refractivity contribution in [3.05, 3.63) is 34.4 Å². The van der Waals surface area contributed by atoms with Crippen LogP contribution in [0.3, 0.4) is 0 Å². The predicted molar refractivity (Wildman–Crippen MR) is 91.9 cm³/mol. The second-order valence-corrected chi connectivity index (χ2v) is 7.57. The second-order valence-electron chi connectivity index (χ2n) is 7.57. The molecular weight excluding hydrogens is 256 g/mol. The summed E-state index contributed by atoms with van der Waals surface area (Å²) in [6.07, 6.45) is 1.32. The molecule has 1 aromatic rings. The van der Waals surface area contributed by atoms with Crippen LogP contribution in [0.5, 0.6) is 0 Å². The monoisotopic (exact) mass is 288 g/mol. The lowest BCUT2D eigenvalue weighted by Crippen LogP contribution is -2.35. The highest BCUT2D eigenvalue weighted by Gasteiger charge is 2.31. The molecule has 0 saturated carbocycles. The number of hydrogen-bond donors (Lipinski definition) is 1. The van der Waals surface area contributed by atoms with Crippen molar-refractivity contribution in [3.63, 3.8) is 0 Å². The fourth-order valence-electron chi connectivity index (χ4n) is 3.88. The number of likely N-dealkylation sites (tertiary alicyclic amines) is 1. The third kappa shape index (κ3) is 4.08. The minimum atomic E-state index is 0.449. The molecule has 1 heterocycles. The number of likely N-dealkylation sites (N-methyl/N-ethyl adjacent to an activating group) is 1. The Bertz CT molecular complexity index is 467. The maximum atomic E-state index is 3.71. The summed E-state index contributed by atoms with van der Waals surface area (Å²) in [4.78, 5) is 2.63. The fraction of sp³-hybridized carbons (Fsp3) is 0.684. The van der Waals surface area contributed by atoms with Crippen LogP contribution >= 0.6 is 0 Å². The first-order chi connectivity index (χ1) is 9.82. The highest BCUT2D eigenvalue weighted by Crippen LogP contribution is 2.31. The normalized spacial score (nSPS) is 19.9. The SMILES string of the molecule is CCNC(CN1CCC(C)(C)C1)c1c(C)cc(C)cc1C. The van der Waals surface area contributed by atoms with Crippen LogP contribution < -0.4 is 5.32 Å². The minimum absolute atomic E-state index is 0.449. The third-order valence-electron chi connectivity index (χ3n) is 4.73. The Morgan fingerprint density at radius 3 is 2.29 bits per heavy atom. The van der Waals surface area contributed by atoms with Gasteiger partial charge >= 0.3 is 0 Å². The zero-order valence-corrected chi connectivity index (χ0v) is 14.7. The number of nitrogens with one attached hydrogen (secondary N) is 1. The first-order valence-electron chi connectivity index (χ1n) is 8.36. The summed E-state index contributed by atoms with van der Waals surface area (Å²) in [6, 6.07) is 5.09. The quantitative estimate of drug-likeness (QED) is 0.881. The standard InChI is InChI=1S/C19H32N2/c1-7-20-17(12-21-9-8-19(5,6)13-21)18-15(3)10-14(2)11-16(18)4/h10-11,17,20H,7-9,12-13H2,1-6H3. The summed E-state index contributed by atoms with van der Waals surface area (Å²) >= 11 is 0. The van der Waals surface area contributed by atoms with Gasteiger partial charge in [0.05, 0.1) is 0 Å². The molecule has 21 heavy (non-hydrogen) atoms. The van der Waals surface area contributed by atoms with E-state index in [1.165, 1.54) is 41.8 Å². The average Bonchev–Trinajstić information content (AvgIpc) is 2.67. The first kappa shape index (κ1) is 16.5. The average molecular weight is 288 g/mol. The maximum absolute atomic E-state index is 3.71. The molecule has 2 rings (SSSR count). The number of hydrogen-bond acceptors (Lipinski definition) is 2. The molecule has 0 amide bonds. The van der Waals surface area contributed by atoms with Crippen LogP contribution in [0, 0.1) is 26.2 Å². The molecule has 0 radical (unpaired) electrons. The first-order valence-corrected chi connectivity index (χ1v) is 8.36. The molecule has 0 aromatic heterocycles. The van der Waals surface area contributed by atoms with Crippen LogP contribution in [0.2, 0.25) is 0 Å². The zero-order valence-electron chi connectivity index (χ0n) is 14.7. The van der Waals surface area contributed by atoms with Crippen molar-refractivity contribution in [3.8, 4) is 0 Å². The molecular formula is C19H32N2. The Hall–Kier alpha value is -0.860. The van der Waals surface area contributed by atoms with Crippen LogP contribution in [-0.4, -0.2) is 31.1 Å². The minimum Gasteiger partial charge on any atom is -0.309 e. The summed E-state index contributed by atoms with van der Waals surface area (Å²) < 4.78 is 0. The predicted octanol–water partition coefficient (Wildman–Crippen LogP) is 3.99. The van der Waals surface area contributed by atoms with Gasteiger partial charge in [-0.3, -0.25) is 0 Å². The highest BCUT2D eigenvalue weighted by atomic mass is 15.2. The summed E-state index contributed by atoms with van der Waals surface area (Å²) in [5.41, 5.74) is 6.21. The molecule has 0 spiro atoms. The number of rotatable bonds is 5. The van der Waals surface area contributed by atoms with E-state index in [4.69, 9.17) is 0 Å². The van der Waals surface area contributed by atoms with Crippen LogP contribution in [0.25, 0.3) is 0 Å². The topological polar surface area (TPSA) is 15.3 Å². The van der Waals surface area contributed by atoms with Crippen molar-refractivity contribution >= 4 is 0 Å². The van der Waals surface area contributed by atoms with Crippen molar-refractivity contribution < 1.29 is 0 Å². The van der Waals surface area contributed by atoms with E-state index >= 15 is 0 Å². The van der Waals surface area contributed by atoms with Crippen molar-refractivity contribution in [1.82, 2.24) is 10.2 Å². The molecule has 1 aromatic carbocycles. The number of aryl methyl sites for hydroxylation is 3. The van der Waals surface area contributed by atoms with Gasteiger partial charge in [-0.2, -0.15) is 0 Å². The van der Waals surface area contributed by atoms with Crippen molar-refractivity contribution in [2.75, 3.05) is 26.2 Å². The molecule has 2 heteroatoms. The number of benzene rings is 1. The Labute approximate surface area is 130 Å². The van der Waals surface area contributed by atoms with E-state index in [1.54, 1.807) is 0 Å². The lowest BCUT2D eigenvalue weighted by molar-refractivity contribution is 0.261. The van der Waals surface area contributed by atoms with Gasteiger partial charge in [-0.15, -0.1) is 0 Å². The van der Waals surface area contributed by atoms with Crippen LogP contribution in [0.4, 0.5) is 0 Å². The molecule has 1 aliphatic heterocycles. The van der Waals surface area contributed by atoms with Crippen LogP contribution in [-0.2, 0) is 0 Å². The number of nitrogens with zero attached hydrogens (tertiary/aromatic N) is 1. The van der Waals surface area contributed by atoms with Gasteiger partial charge in [-0.25, -0.2) is 0 Å². The van der Waals surface area contributed by atoms with E-state index in [2.05, 4.69) is 63.9 Å². The third-order valence-corrected chi connectivity index (χ3v) is 4.73. The molecule has 0 aliphatic carbocycles. The summed E-state index contributed by atoms with van der Waals surface area (Å²) in [5, 5.41) is 3.71. The summed E-state index contributed by atoms with van der Waals surface area (Å²) in [7, 11) is 0. The summed E-state index contributed by atoms with van der Waals surface area (Å²) in [5.74, 6) is 0. The molecule has 1 atom stereocenters. The van der Waals surface area contributed by atoms with Gasteiger partial charge in [0.15, 0.2) is 0 Å². The molecule has 1 fully saturated rings. The van der Waals surface area contributed by atoms with Gasteiger partial charge in [0.25, 0.3) is 0 Å². The molecule has 0 bridgehead atoms. The Balaban J connectivity index is 2.20. The van der Waals surface area contributed by atoms with E-state index in [-0.39, 0.29) is 0 Å². The highest BCUT2D eigenvalue weighted by molar-refractivity contribution is 5.40. The largest absolute Gasteiger partial charge is 0.309 e. The molecule has 1 unspecified atom stereocenters. The smallest absolute Gasteiger partial charge is 0.0454 e. The Morgan fingerprint density at radius 2 is 1.81 bits per heavy atom.